The van der Waals surface area contributed by atoms with Crippen molar-refractivity contribution in [2.24, 2.45) is 0 Å². The third-order valence-corrected chi connectivity index (χ3v) is 3.23. The third-order valence-electron chi connectivity index (χ3n) is 3.23. The molecule has 1 atom stereocenters. The molecule has 112 valence electrons. The topological polar surface area (TPSA) is 50.7 Å². The minimum absolute atomic E-state index is 0.0401. The largest absolute Gasteiger partial charge is 0.508 e. The lowest BCUT2D eigenvalue weighted by Crippen LogP contribution is -2.08. The summed E-state index contributed by atoms with van der Waals surface area (Å²) in [6.07, 6.45) is 0. The zero-order valence-electron chi connectivity index (χ0n) is 12.2. The molecule has 0 bridgehead atoms. The van der Waals surface area contributed by atoms with Crippen LogP contribution in [0.3, 0.4) is 0 Å². The molecule has 0 amide bonds. The van der Waals surface area contributed by atoms with E-state index in [-0.39, 0.29) is 11.8 Å². The summed E-state index contributed by atoms with van der Waals surface area (Å²) in [5.41, 5.74) is 1.17. The van der Waals surface area contributed by atoms with Crippen LogP contribution < -0.4 is 14.8 Å². The predicted octanol–water partition coefficient (Wildman–Crippen LogP) is 3.72. The molecule has 0 radical (unpaired) electrons. The number of methoxy groups -OCH3 is 2. The highest BCUT2D eigenvalue weighted by Gasteiger charge is 2.14. The second-order valence-electron chi connectivity index (χ2n) is 4.64. The van der Waals surface area contributed by atoms with E-state index < -0.39 is 5.82 Å². The Morgan fingerprint density at radius 3 is 2.52 bits per heavy atom. The lowest BCUT2D eigenvalue weighted by molar-refractivity contribution is 0.404. The lowest BCUT2D eigenvalue weighted by atomic mass is 10.1. The Labute approximate surface area is 123 Å². The van der Waals surface area contributed by atoms with Crippen molar-refractivity contribution in [3.8, 4) is 17.2 Å². The van der Waals surface area contributed by atoms with Crippen molar-refractivity contribution in [2.45, 2.75) is 13.0 Å². The molecule has 0 spiro atoms. The lowest BCUT2D eigenvalue weighted by Gasteiger charge is -2.19. The number of nitrogens with one attached hydrogen (secondary N) is 1. The summed E-state index contributed by atoms with van der Waals surface area (Å²) < 4.78 is 23.8. The van der Waals surface area contributed by atoms with Crippen LogP contribution in [0.1, 0.15) is 18.5 Å². The van der Waals surface area contributed by atoms with Crippen molar-refractivity contribution >= 4 is 5.69 Å². The average Bonchev–Trinajstić information content (AvgIpc) is 2.49. The van der Waals surface area contributed by atoms with E-state index in [1.165, 1.54) is 18.2 Å². The maximum absolute atomic E-state index is 13.3. The first kappa shape index (κ1) is 15.0. The highest BCUT2D eigenvalue weighted by atomic mass is 19.1. The van der Waals surface area contributed by atoms with Crippen molar-refractivity contribution in [1.29, 1.82) is 0 Å². The van der Waals surface area contributed by atoms with Gasteiger partial charge < -0.3 is 19.9 Å². The molecule has 0 heterocycles. The van der Waals surface area contributed by atoms with Gasteiger partial charge in [0.05, 0.1) is 25.9 Å². The van der Waals surface area contributed by atoms with Crippen LogP contribution in [-0.2, 0) is 0 Å². The predicted molar refractivity (Wildman–Crippen MR) is 79.6 cm³/mol. The summed E-state index contributed by atoms with van der Waals surface area (Å²) >= 11 is 0. The van der Waals surface area contributed by atoms with E-state index in [2.05, 4.69) is 5.32 Å². The summed E-state index contributed by atoms with van der Waals surface area (Å²) in [5, 5.41) is 13.0. The van der Waals surface area contributed by atoms with Crippen molar-refractivity contribution in [3.05, 3.63) is 47.8 Å². The van der Waals surface area contributed by atoms with E-state index in [1.807, 2.05) is 6.92 Å². The minimum Gasteiger partial charge on any atom is -0.508 e. The minimum atomic E-state index is -0.394. The molecule has 2 rings (SSSR count). The van der Waals surface area contributed by atoms with Crippen molar-refractivity contribution in [1.82, 2.24) is 0 Å². The van der Waals surface area contributed by atoms with Crippen molar-refractivity contribution < 1.29 is 19.0 Å². The molecule has 0 aliphatic carbocycles. The standard InChI is InChI=1S/C16H18FNO3/c1-10(13-8-11(17)4-6-15(13)19)18-14-9-12(20-2)5-7-16(14)21-3/h4-10,18-19H,1-3H3. The highest BCUT2D eigenvalue weighted by Crippen LogP contribution is 2.34. The number of hydrogen-bond acceptors (Lipinski definition) is 4. The van der Waals surface area contributed by atoms with Crippen LogP contribution in [0, 0.1) is 5.82 Å². The van der Waals surface area contributed by atoms with Gasteiger partial charge in [-0.2, -0.15) is 0 Å². The summed E-state index contributed by atoms with van der Waals surface area (Å²) in [5.74, 6) is 0.958. The molecule has 2 aromatic carbocycles. The highest BCUT2D eigenvalue weighted by molar-refractivity contribution is 5.61. The van der Waals surface area contributed by atoms with Crippen LogP contribution in [0.4, 0.5) is 10.1 Å². The normalized spacial score (nSPS) is 11.8. The molecule has 2 N–H and O–H groups in total. The van der Waals surface area contributed by atoms with E-state index in [9.17, 15) is 9.50 Å². The maximum atomic E-state index is 13.3. The number of phenols is 1. The molecule has 0 aliphatic heterocycles. The Kier molecular flexibility index (Phi) is 4.52. The van der Waals surface area contributed by atoms with Crippen LogP contribution in [0.25, 0.3) is 0 Å². The molecular weight excluding hydrogens is 273 g/mol. The van der Waals surface area contributed by atoms with Gasteiger partial charge in [0.15, 0.2) is 0 Å². The Hall–Kier alpha value is -2.43. The van der Waals surface area contributed by atoms with Gasteiger partial charge in [-0.05, 0) is 37.3 Å². The number of ether oxygens (including phenoxy) is 2. The summed E-state index contributed by atoms with van der Waals surface area (Å²) in [4.78, 5) is 0. The monoisotopic (exact) mass is 291 g/mol. The molecule has 0 aromatic heterocycles. The van der Waals surface area contributed by atoms with Crippen LogP contribution in [0.2, 0.25) is 0 Å². The van der Waals surface area contributed by atoms with Gasteiger partial charge >= 0.3 is 0 Å². The van der Waals surface area contributed by atoms with Gasteiger partial charge in [-0.1, -0.05) is 0 Å². The molecule has 0 saturated carbocycles. The van der Waals surface area contributed by atoms with E-state index >= 15 is 0 Å². The Balaban J connectivity index is 2.30. The van der Waals surface area contributed by atoms with Crippen LogP contribution in [0.5, 0.6) is 17.2 Å². The number of phenolic OH excluding ortho intramolecular Hbond substituents is 1. The van der Waals surface area contributed by atoms with Gasteiger partial charge in [0, 0.05) is 11.6 Å². The fourth-order valence-corrected chi connectivity index (χ4v) is 2.11. The number of aromatic hydroxyl groups is 1. The maximum Gasteiger partial charge on any atom is 0.142 e. The van der Waals surface area contributed by atoms with Gasteiger partial charge in [-0.25, -0.2) is 4.39 Å². The SMILES string of the molecule is COc1ccc(OC)c(NC(C)c2cc(F)ccc2O)c1. The van der Waals surface area contributed by atoms with Gasteiger partial charge in [-0.3, -0.25) is 0 Å². The number of rotatable bonds is 5. The second kappa shape index (κ2) is 6.35. The molecule has 4 nitrogen and oxygen atoms in total. The summed E-state index contributed by atoms with van der Waals surface area (Å²) in [6, 6.07) is 8.91. The van der Waals surface area contributed by atoms with Crippen LogP contribution >= 0.6 is 0 Å². The molecule has 1 unspecified atom stereocenters. The number of anilines is 1. The third kappa shape index (κ3) is 3.37. The molecule has 2 aromatic rings. The Morgan fingerprint density at radius 2 is 1.86 bits per heavy atom. The Bertz CT molecular complexity index is 631. The first-order valence-electron chi connectivity index (χ1n) is 6.52. The van der Waals surface area contributed by atoms with E-state index in [0.29, 0.717) is 22.7 Å². The molecule has 5 heteroatoms. The van der Waals surface area contributed by atoms with Gasteiger partial charge in [-0.15, -0.1) is 0 Å². The zero-order chi connectivity index (χ0) is 15.4. The number of hydrogen-bond donors (Lipinski definition) is 2. The molecule has 0 aliphatic rings. The number of halogens is 1. The van der Waals surface area contributed by atoms with Crippen LogP contribution in [-0.4, -0.2) is 19.3 Å². The van der Waals surface area contributed by atoms with Crippen LogP contribution in [0.15, 0.2) is 36.4 Å². The van der Waals surface area contributed by atoms with Gasteiger partial charge in [0.1, 0.15) is 23.1 Å². The first-order chi connectivity index (χ1) is 10.0. The Morgan fingerprint density at radius 1 is 1.10 bits per heavy atom. The van der Waals surface area contributed by atoms with Gasteiger partial charge in [0.2, 0.25) is 0 Å². The van der Waals surface area contributed by atoms with E-state index in [1.54, 1.807) is 32.4 Å². The molecule has 0 fully saturated rings. The quantitative estimate of drug-likeness (QED) is 0.881. The summed E-state index contributed by atoms with van der Waals surface area (Å²) in [6.45, 7) is 1.83. The summed E-state index contributed by atoms with van der Waals surface area (Å²) in [7, 11) is 3.14. The first-order valence-corrected chi connectivity index (χ1v) is 6.52. The van der Waals surface area contributed by atoms with E-state index in [0.717, 1.165) is 0 Å². The second-order valence-corrected chi connectivity index (χ2v) is 4.64. The number of benzene rings is 2. The fourth-order valence-electron chi connectivity index (χ4n) is 2.11. The average molecular weight is 291 g/mol. The van der Waals surface area contributed by atoms with Crippen molar-refractivity contribution in [3.63, 3.8) is 0 Å². The smallest absolute Gasteiger partial charge is 0.142 e. The fraction of sp³-hybridized carbons (Fsp3) is 0.250. The van der Waals surface area contributed by atoms with Crippen molar-refractivity contribution in [2.75, 3.05) is 19.5 Å². The van der Waals surface area contributed by atoms with E-state index in [4.69, 9.17) is 9.47 Å². The molecule has 0 saturated heterocycles. The van der Waals surface area contributed by atoms with Gasteiger partial charge in [0.25, 0.3) is 0 Å². The molecule has 21 heavy (non-hydrogen) atoms. The zero-order valence-corrected chi connectivity index (χ0v) is 12.2. The molecular formula is C16H18FNO3.